The number of amides is 1. The summed E-state index contributed by atoms with van der Waals surface area (Å²) in [4.78, 5) is 23.7. The quantitative estimate of drug-likeness (QED) is 0.308. The van der Waals surface area contributed by atoms with Crippen molar-refractivity contribution in [3.8, 4) is 0 Å². The number of carbonyl (C=O) groups excluding carboxylic acids is 2. The number of allylic oxidation sites excluding steroid dienone is 4. The van der Waals surface area contributed by atoms with Gasteiger partial charge >= 0.3 is 6.18 Å². The molecule has 1 aromatic rings. The highest BCUT2D eigenvalue weighted by molar-refractivity contribution is 7.81. The normalized spacial score (nSPS) is 18.2. The highest BCUT2D eigenvalue weighted by Gasteiger charge is 2.29. The van der Waals surface area contributed by atoms with E-state index in [-0.39, 0.29) is 11.9 Å². The van der Waals surface area contributed by atoms with Gasteiger partial charge < -0.3 is 19.9 Å². The average molecular weight is 498 g/mol. The Morgan fingerprint density at radius 2 is 1.76 bits per heavy atom. The molecule has 0 saturated carbocycles. The third kappa shape index (κ3) is 8.93. The van der Waals surface area contributed by atoms with E-state index in [1.54, 1.807) is 18.7 Å². The zero-order valence-electron chi connectivity index (χ0n) is 20.3. The van der Waals surface area contributed by atoms with Gasteiger partial charge in [0.05, 0.1) is 11.4 Å². The number of anilines is 1. The van der Waals surface area contributed by atoms with Crippen molar-refractivity contribution >= 4 is 37.1 Å². The molecular weight excluding hydrogens is 463 g/mol. The first-order valence-electron chi connectivity index (χ1n) is 10.8. The van der Waals surface area contributed by atoms with Crippen LogP contribution in [0.25, 0.3) is 6.08 Å². The second kappa shape index (κ2) is 13.3. The van der Waals surface area contributed by atoms with E-state index in [2.05, 4.69) is 35.0 Å². The molecule has 1 amide bonds. The molecule has 188 valence electrons. The summed E-state index contributed by atoms with van der Waals surface area (Å²) in [6, 6.07) is 8.39. The van der Waals surface area contributed by atoms with Gasteiger partial charge in [0.25, 0.3) is 0 Å². The number of rotatable bonds is 7. The van der Waals surface area contributed by atoms with Crippen LogP contribution in [0, 0.1) is 0 Å². The Balaban J connectivity index is 0.00000281. The van der Waals surface area contributed by atoms with E-state index >= 15 is 0 Å². The standard InChI is InChI=1S/C24H32F3N3OS.CH2O/c1-16(6-7-17(2)24(25,26)27)23(32)28-18(3)14-20-8-10-21(11-9-20)30-13-12-22(15-30)29(5)19(4)31;1-2/h6-11,14,22-23,28,32H,12-13,15H2,1-5H3;1H2/b16-6+,17-7+,18-14+;. The van der Waals surface area contributed by atoms with Crippen molar-refractivity contribution < 1.29 is 22.8 Å². The molecule has 2 rings (SSSR count). The number of alkyl halides is 3. The minimum absolute atomic E-state index is 0.0828. The highest BCUT2D eigenvalue weighted by Crippen LogP contribution is 2.26. The minimum atomic E-state index is -4.32. The molecule has 1 aliphatic rings. The Morgan fingerprint density at radius 3 is 2.29 bits per heavy atom. The number of benzene rings is 1. The van der Waals surface area contributed by atoms with Crippen LogP contribution in [0.1, 0.15) is 39.7 Å². The van der Waals surface area contributed by atoms with Crippen molar-refractivity contribution in [2.45, 2.75) is 51.7 Å². The van der Waals surface area contributed by atoms with Gasteiger partial charge in [0, 0.05) is 44.0 Å². The molecule has 2 atom stereocenters. The van der Waals surface area contributed by atoms with Crippen LogP contribution in [-0.4, -0.2) is 55.3 Å². The van der Waals surface area contributed by atoms with Crippen molar-refractivity contribution in [3.63, 3.8) is 0 Å². The molecule has 9 heteroatoms. The molecule has 1 saturated heterocycles. The number of thiol groups is 1. The predicted molar refractivity (Wildman–Crippen MR) is 136 cm³/mol. The van der Waals surface area contributed by atoms with Crippen molar-refractivity contribution in [3.05, 3.63) is 58.8 Å². The minimum Gasteiger partial charge on any atom is -0.374 e. The Bertz CT molecular complexity index is 911. The maximum absolute atomic E-state index is 12.6. The largest absolute Gasteiger partial charge is 0.412 e. The maximum Gasteiger partial charge on any atom is 0.412 e. The van der Waals surface area contributed by atoms with Gasteiger partial charge in [-0.3, -0.25) is 4.79 Å². The summed E-state index contributed by atoms with van der Waals surface area (Å²) in [6.45, 7) is 9.99. The number of halogens is 3. The van der Waals surface area contributed by atoms with Crippen molar-refractivity contribution in [1.82, 2.24) is 10.2 Å². The van der Waals surface area contributed by atoms with E-state index in [9.17, 15) is 18.0 Å². The molecule has 0 spiro atoms. The lowest BCUT2D eigenvalue weighted by atomic mass is 10.1. The van der Waals surface area contributed by atoms with Crippen molar-refractivity contribution in [1.29, 1.82) is 0 Å². The molecule has 34 heavy (non-hydrogen) atoms. The van der Waals surface area contributed by atoms with Crippen molar-refractivity contribution in [2.75, 3.05) is 25.0 Å². The molecule has 2 unspecified atom stereocenters. The summed E-state index contributed by atoms with van der Waals surface area (Å²) in [5, 5.41) is 2.79. The number of likely N-dealkylation sites (N-methyl/N-ethyl adjacent to an activating group) is 1. The van der Waals surface area contributed by atoms with Gasteiger partial charge in [-0.1, -0.05) is 24.3 Å². The fourth-order valence-corrected chi connectivity index (χ4v) is 3.68. The van der Waals surface area contributed by atoms with Gasteiger partial charge in [-0.15, -0.1) is 0 Å². The summed E-state index contributed by atoms with van der Waals surface area (Å²) in [5.41, 5.74) is 3.00. The zero-order chi connectivity index (χ0) is 26.1. The number of nitrogens with one attached hydrogen (secondary N) is 1. The first-order chi connectivity index (χ1) is 15.9. The van der Waals surface area contributed by atoms with E-state index < -0.39 is 17.1 Å². The zero-order valence-corrected chi connectivity index (χ0v) is 21.2. The van der Waals surface area contributed by atoms with E-state index in [0.29, 0.717) is 5.57 Å². The Morgan fingerprint density at radius 1 is 1.18 bits per heavy atom. The van der Waals surface area contributed by atoms with Crippen molar-refractivity contribution in [2.24, 2.45) is 0 Å². The average Bonchev–Trinajstić information content (AvgIpc) is 3.27. The van der Waals surface area contributed by atoms with Crippen LogP contribution in [0.5, 0.6) is 0 Å². The van der Waals surface area contributed by atoms with Gasteiger partial charge in [-0.05, 0) is 56.5 Å². The molecule has 1 aromatic carbocycles. The van der Waals surface area contributed by atoms with Crippen LogP contribution in [0.4, 0.5) is 18.9 Å². The maximum atomic E-state index is 12.6. The molecular formula is C25H34F3N3O2S. The second-order valence-electron chi connectivity index (χ2n) is 8.24. The van der Waals surface area contributed by atoms with E-state index in [1.807, 2.05) is 39.0 Å². The summed E-state index contributed by atoms with van der Waals surface area (Å²) < 4.78 is 37.8. The fraction of sp³-hybridized carbons (Fsp3) is 0.440. The first kappa shape index (κ1) is 29.4. The van der Waals surface area contributed by atoms with Crippen LogP contribution >= 0.6 is 12.6 Å². The third-order valence-electron chi connectivity index (χ3n) is 5.69. The summed E-state index contributed by atoms with van der Waals surface area (Å²) >= 11 is 4.45. The molecule has 0 aromatic heterocycles. The Hall–Kier alpha value is -2.68. The highest BCUT2D eigenvalue weighted by atomic mass is 32.1. The van der Waals surface area contributed by atoms with Crippen LogP contribution in [0.2, 0.25) is 0 Å². The third-order valence-corrected chi connectivity index (χ3v) is 6.22. The Kier molecular flexibility index (Phi) is 11.5. The second-order valence-corrected chi connectivity index (χ2v) is 8.76. The summed E-state index contributed by atoms with van der Waals surface area (Å²) in [5.74, 6) is 0.0828. The van der Waals surface area contributed by atoms with Crippen LogP contribution in [0.3, 0.4) is 0 Å². The number of nitrogens with zero attached hydrogens (tertiary/aromatic N) is 2. The molecule has 1 heterocycles. The lowest BCUT2D eigenvalue weighted by Gasteiger charge is -2.24. The number of hydrogen-bond acceptors (Lipinski definition) is 5. The molecule has 5 nitrogen and oxygen atoms in total. The van der Waals surface area contributed by atoms with Gasteiger partial charge in [0.1, 0.15) is 6.79 Å². The van der Waals surface area contributed by atoms with E-state index in [1.165, 1.54) is 6.08 Å². The van der Waals surface area contributed by atoms with Crippen LogP contribution in [0.15, 0.2) is 53.3 Å². The summed E-state index contributed by atoms with van der Waals surface area (Å²) in [7, 11) is 1.85. The molecule has 0 radical (unpaired) electrons. The van der Waals surface area contributed by atoms with E-state index in [0.717, 1.165) is 49.5 Å². The number of carbonyl (C=O) groups is 2. The molecule has 0 bridgehead atoms. The first-order valence-corrected chi connectivity index (χ1v) is 11.3. The van der Waals surface area contributed by atoms with Crippen LogP contribution in [-0.2, 0) is 9.59 Å². The van der Waals surface area contributed by atoms with E-state index in [4.69, 9.17) is 4.79 Å². The Labute approximate surface area is 205 Å². The lowest BCUT2D eigenvalue weighted by Crippen LogP contribution is -2.37. The topological polar surface area (TPSA) is 52.7 Å². The fourth-order valence-electron chi connectivity index (χ4n) is 3.39. The smallest absolute Gasteiger partial charge is 0.374 e. The molecule has 1 N–H and O–H groups in total. The molecule has 1 fully saturated rings. The number of hydrogen-bond donors (Lipinski definition) is 2. The predicted octanol–water partition coefficient (Wildman–Crippen LogP) is 5.22. The van der Waals surface area contributed by atoms with Gasteiger partial charge in [0.15, 0.2) is 0 Å². The molecule has 0 aliphatic carbocycles. The monoisotopic (exact) mass is 497 g/mol. The molecule has 1 aliphatic heterocycles. The van der Waals surface area contributed by atoms with Gasteiger partial charge in [0.2, 0.25) is 5.91 Å². The lowest BCUT2D eigenvalue weighted by molar-refractivity contribution is -0.129. The van der Waals surface area contributed by atoms with Crippen LogP contribution < -0.4 is 10.2 Å². The summed E-state index contributed by atoms with van der Waals surface area (Å²) in [6.07, 6.45) is 1.09. The van der Waals surface area contributed by atoms with Gasteiger partial charge in [-0.25, -0.2) is 0 Å². The van der Waals surface area contributed by atoms with Gasteiger partial charge in [-0.2, -0.15) is 25.8 Å². The SMILES string of the molecule is C=O.CC(=O)N(C)C1CCN(c2ccc(/C=C(\C)NC(S)/C(C)=C/C=C(\C)C(F)(F)F)cc2)C1.